The molecule has 0 amide bonds. The number of rotatable bonds is 4. The summed E-state index contributed by atoms with van der Waals surface area (Å²) in [5.74, 6) is 0.649. The second-order valence-electron chi connectivity index (χ2n) is 3.84. The number of benzene rings is 2. The lowest BCUT2D eigenvalue weighted by molar-refractivity contribution is 0.111. The Bertz CT molecular complexity index is 614. The van der Waals surface area contributed by atoms with Crippen LogP contribution in [0.25, 0.3) is 0 Å². The first kappa shape index (κ1) is 15.2. The first-order valence-electron chi connectivity index (χ1n) is 5.41. The summed E-state index contributed by atoms with van der Waals surface area (Å²) in [5, 5.41) is 0. The summed E-state index contributed by atoms with van der Waals surface area (Å²) in [6, 6.07) is 11.7. The standard InChI is InChI=1S/C14H9BrI2O2/c15-11-3-1-2-9(4-11)8-19-14-10(7-18)5-12(16)6-13(14)17/h1-7H,8H2. The van der Waals surface area contributed by atoms with Crippen LogP contribution in [0.15, 0.2) is 40.9 Å². The number of carbonyl (C=O) groups excluding carboxylic acids is 1. The van der Waals surface area contributed by atoms with E-state index in [1.165, 1.54) is 0 Å². The van der Waals surface area contributed by atoms with E-state index in [4.69, 9.17) is 4.74 Å². The molecule has 0 spiro atoms. The summed E-state index contributed by atoms with van der Waals surface area (Å²) < 4.78 is 8.78. The fourth-order valence-electron chi connectivity index (χ4n) is 1.60. The molecule has 2 aromatic rings. The van der Waals surface area contributed by atoms with Gasteiger partial charge in [-0.1, -0.05) is 28.1 Å². The lowest BCUT2D eigenvalue weighted by Crippen LogP contribution is -2.01. The van der Waals surface area contributed by atoms with E-state index in [0.717, 1.165) is 23.5 Å². The number of hydrogen-bond acceptors (Lipinski definition) is 2. The Labute approximate surface area is 147 Å². The molecule has 0 fully saturated rings. The Morgan fingerprint density at radius 3 is 2.68 bits per heavy atom. The zero-order valence-electron chi connectivity index (χ0n) is 9.70. The van der Waals surface area contributed by atoms with Crippen LogP contribution in [0.3, 0.4) is 0 Å². The Hall–Kier alpha value is -0.150. The largest absolute Gasteiger partial charge is 0.487 e. The van der Waals surface area contributed by atoms with Gasteiger partial charge in [0.15, 0.2) is 6.29 Å². The summed E-state index contributed by atoms with van der Waals surface area (Å²) in [7, 11) is 0. The Kier molecular flexibility index (Phi) is 5.64. The molecular formula is C14H9BrI2O2. The zero-order chi connectivity index (χ0) is 13.8. The number of carbonyl (C=O) groups is 1. The van der Waals surface area contributed by atoms with E-state index < -0.39 is 0 Å². The summed E-state index contributed by atoms with van der Waals surface area (Å²) >= 11 is 7.80. The molecule has 0 atom stereocenters. The van der Waals surface area contributed by atoms with Crippen molar-refractivity contribution < 1.29 is 9.53 Å². The molecule has 19 heavy (non-hydrogen) atoms. The molecule has 0 N–H and O–H groups in total. The van der Waals surface area contributed by atoms with Crippen molar-refractivity contribution in [1.29, 1.82) is 0 Å². The van der Waals surface area contributed by atoms with Crippen LogP contribution in [0, 0.1) is 7.14 Å². The van der Waals surface area contributed by atoms with Gasteiger partial charge >= 0.3 is 0 Å². The maximum Gasteiger partial charge on any atom is 0.153 e. The molecule has 0 aromatic heterocycles. The monoisotopic (exact) mass is 542 g/mol. The third kappa shape index (κ3) is 4.16. The van der Waals surface area contributed by atoms with Crippen molar-refractivity contribution in [1.82, 2.24) is 0 Å². The van der Waals surface area contributed by atoms with E-state index in [1.807, 2.05) is 36.4 Å². The molecule has 98 valence electrons. The minimum absolute atomic E-state index is 0.441. The fraction of sp³-hybridized carbons (Fsp3) is 0.0714. The Balaban J connectivity index is 2.22. The van der Waals surface area contributed by atoms with Gasteiger partial charge in [-0.05, 0) is 75.0 Å². The molecule has 0 heterocycles. The second-order valence-corrected chi connectivity index (χ2v) is 7.17. The number of aldehydes is 1. The van der Waals surface area contributed by atoms with Crippen molar-refractivity contribution in [3.63, 3.8) is 0 Å². The SMILES string of the molecule is O=Cc1cc(I)cc(I)c1OCc1cccc(Br)c1. The third-order valence-electron chi connectivity index (χ3n) is 2.44. The first-order chi connectivity index (χ1) is 9.10. The molecule has 5 heteroatoms. The smallest absolute Gasteiger partial charge is 0.153 e. The van der Waals surface area contributed by atoms with Gasteiger partial charge in [-0.15, -0.1) is 0 Å². The van der Waals surface area contributed by atoms with E-state index in [2.05, 4.69) is 61.1 Å². The maximum atomic E-state index is 11.1. The van der Waals surface area contributed by atoms with E-state index in [1.54, 1.807) is 0 Å². The van der Waals surface area contributed by atoms with Gasteiger partial charge in [-0.3, -0.25) is 4.79 Å². The predicted octanol–water partition coefficient (Wildman–Crippen LogP) is 5.05. The molecule has 2 nitrogen and oxygen atoms in total. The molecule has 2 rings (SSSR count). The van der Waals surface area contributed by atoms with Crippen LogP contribution < -0.4 is 4.74 Å². The van der Waals surface area contributed by atoms with E-state index >= 15 is 0 Å². The van der Waals surface area contributed by atoms with Gasteiger partial charge in [-0.2, -0.15) is 0 Å². The molecular weight excluding hydrogens is 534 g/mol. The molecule has 0 aliphatic carbocycles. The maximum absolute atomic E-state index is 11.1. The van der Waals surface area contributed by atoms with E-state index in [-0.39, 0.29) is 0 Å². The van der Waals surface area contributed by atoms with Gasteiger partial charge < -0.3 is 4.74 Å². The van der Waals surface area contributed by atoms with Crippen LogP contribution in [0.5, 0.6) is 5.75 Å². The highest BCUT2D eigenvalue weighted by molar-refractivity contribution is 14.1. The summed E-state index contributed by atoms with van der Waals surface area (Å²) in [6.45, 7) is 0.441. The minimum Gasteiger partial charge on any atom is -0.487 e. The number of ether oxygens (including phenoxy) is 1. The molecule has 2 aromatic carbocycles. The fourth-order valence-corrected chi connectivity index (χ4v) is 4.09. The summed E-state index contributed by atoms with van der Waals surface area (Å²) in [5.41, 5.74) is 1.65. The molecule has 0 aliphatic rings. The average Bonchev–Trinajstić information content (AvgIpc) is 2.37. The highest BCUT2D eigenvalue weighted by Gasteiger charge is 2.10. The van der Waals surface area contributed by atoms with Crippen LogP contribution in [0.1, 0.15) is 15.9 Å². The third-order valence-corrected chi connectivity index (χ3v) is 4.35. The van der Waals surface area contributed by atoms with Gasteiger partial charge in [0.05, 0.1) is 9.13 Å². The molecule has 0 bridgehead atoms. The lowest BCUT2D eigenvalue weighted by Gasteiger charge is -2.11. The minimum atomic E-state index is 0.441. The lowest BCUT2D eigenvalue weighted by atomic mass is 10.2. The molecule has 0 unspecified atom stereocenters. The van der Waals surface area contributed by atoms with Gasteiger partial charge in [-0.25, -0.2) is 0 Å². The predicted molar refractivity (Wildman–Crippen MR) is 95.7 cm³/mol. The molecule has 0 saturated carbocycles. The van der Waals surface area contributed by atoms with Gasteiger partial charge in [0.1, 0.15) is 12.4 Å². The highest BCUT2D eigenvalue weighted by atomic mass is 127. The van der Waals surface area contributed by atoms with Crippen LogP contribution in [0.4, 0.5) is 0 Å². The zero-order valence-corrected chi connectivity index (χ0v) is 15.6. The van der Waals surface area contributed by atoms with Crippen molar-refractivity contribution in [3.8, 4) is 5.75 Å². The van der Waals surface area contributed by atoms with Crippen molar-refractivity contribution in [3.05, 3.63) is 59.1 Å². The van der Waals surface area contributed by atoms with Crippen LogP contribution in [-0.2, 0) is 6.61 Å². The normalized spacial score (nSPS) is 10.3. The Morgan fingerprint density at radius 2 is 2.00 bits per heavy atom. The van der Waals surface area contributed by atoms with Crippen molar-refractivity contribution in [2.24, 2.45) is 0 Å². The summed E-state index contributed by atoms with van der Waals surface area (Å²) in [4.78, 5) is 11.1. The van der Waals surface area contributed by atoms with Gasteiger partial charge in [0, 0.05) is 8.04 Å². The second kappa shape index (κ2) is 7.03. The highest BCUT2D eigenvalue weighted by Crippen LogP contribution is 2.28. The van der Waals surface area contributed by atoms with E-state index in [9.17, 15) is 4.79 Å². The van der Waals surface area contributed by atoms with Crippen molar-refractivity contribution in [2.75, 3.05) is 0 Å². The molecule has 0 aliphatic heterocycles. The first-order valence-corrected chi connectivity index (χ1v) is 8.36. The van der Waals surface area contributed by atoms with Crippen molar-refractivity contribution >= 4 is 67.4 Å². The van der Waals surface area contributed by atoms with Gasteiger partial charge in [0.2, 0.25) is 0 Å². The number of hydrogen-bond donors (Lipinski definition) is 0. The topological polar surface area (TPSA) is 26.3 Å². The molecule has 0 radical (unpaired) electrons. The summed E-state index contributed by atoms with van der Waals surface area (Å²) in [6.07, 6.45) is 0.834. The van der Waals surface area contributed by atoms with Crippen LogP contribution >= 0.6 is 61.1 Å². The van der Waals surface area contributed by atoms with E-state index in [0.29, 0.717) is 17.9 Å². The van der Waals surface area contributed by atoms with Crippen molar-refractivity contribution in [2.45, 2.75) is 6.61 Å². The Morgan fingerprint density at radius 1 is 1.21 bits per heavy atom. The van der Waals surface area contributed by atoms with Crippen LogP contribution in [0.2, 0.25) is 0 Å². The van der Waals surface area contributed by atoms with Gasteiger partial charge in [0.25, 0.3) is 0 Å². The molecule has 0 saturated heterocycles. The average molecular weight is 543 g/mol. The number of halogens is 3. The van der Waals surface area contributed by atoms with Crippen LogP contribution in [-0.4, -0.2) is 6.29 Å². The quantitative estimate of drug-likeness (QED) is 0.399.